The highest BCUT2D eigenvalue weighted by Crippen LogP contribution is 2.17. The lowest BCUT2D eigenvalue weighted by molar-refractivity contribution is -0.104. The zero-order valence-corrected chi connectivity index (χ0v) is 10.9. The molecular formula is C13H24OS. The largest absolute Gasteiger partial charge is 0.299 e. The van der Waals surface area contributed by atoms with Crippen LogP contribution in [-0.2, 0) is 4.79 Å². The molecule has 0 fully saturated rings. The van der Waals surface area contributed by atoms with Crippen LogP contribution in [0.25, 0.3) is 0 Å². The van der Waals surface area contributed by atoms with E-state index in [2.05, 4.69) is 13.2 Å². The van der Waals surface area contributed by atoms with Crippen molar-refractivity contribution in [3.8, 4) is 0 Å². The first-order chi connectivity index (χ1) is 7.35. The Balaban J connectivity index is 3.38. The number of thioether (sulfide) groups is 1. The van der Waals surface area contributed by atoms with Gasteiger partial charge in [-0.3, -0.25) is 4.79 Å². The van der Waals surface area contributed by atoms with Crippen LogP contribution in [0.4, 0.5) is 0 Å². The number of carbonyl (C=O) groups excluding carboxylic acids is 1. The average Bonchev–Trinajstić information content (AvgIpc) is 2.27. The van der Waals surface area contributed by atoms with Crippen molar-refractivity contribution < 1.29 is 4.79 Å². The Labute approximate surface area is 98.7 Å². The molecule has 0 aromatic rings. The highest BCUT2D eigenvalue weighted by Gasteiger charge is 2.01. The quantitative estimate of drug-likeness (QED) is 0.316. The summed E-state index contributed by atoms with van der Waals surface area (Å²) < 4.78 is 0. The molecule has 0 rings (SSSR count). The Morgan fingerprint density at radius 2 is 1.80 bits per heavy atom. The van der Waals surface area contributed by atoms with Gasteiger partial charge in [0.15, 0.2) is 0 Å². The van der Waals surface area contributed by atoms with E-state index in [1.165, 1.54) is 44.9 Å². The summed E-state index contributed by atoms with van der Waals surface area (Å²) >= 11 is 1.83. The van der Waals surface area contributed by atoms with E-state index in [0.29, 0.717) is 5.25 Å². The topological polar surface area (TPSA) is 17.1 Å². The molecular weight excluding hydrogens is 204 g/mol. The lowest BCUT2D eigenvalue weighted by atomic mass is 10.1. The first-order valence-electron chi connectivity index (χ1n) is 6.00. The second kappa shape index (κ2) is 11.8. The van der Waals surface area contributed by atoms with Gasteiger partial charge in [0.2, 0.25) is 0 Å². The van der Waals surface area contributed by atoms with Crippen molar-refractivity contribution in [1.29, 1.82) is 0 Å². The molecule has 0 saturated carbocycles. The second-order valence-electron chi connectivity index (χ2n) is 3.85. The van der Waals surface area contributed by atoms with Crippen molar-refractivity contribution >= 4 is 18.0 Å². The van der Waals surface area contributed by atoms with Crippen LogP contribution >= 0.6 is 11.8 Å². The SMILES string of the molecule is CCCCCCCCC(/C=C/C=O)SC. The zero-order valence-electron chi connectivity index (χ0n) is 10.1. The third kappa shape index (κ3) is 10.1. The molecule has 15 heavy (non-hydrogen) atoms. The Bertz CT molecular complexity index is 166. The van der Waals surface area contributed by atoms with Crippen LogP contribution in [0.15, 0.2) is 12.2 Å². The summed E-state index contributed by atoms with van der Waals surface area (Å²) in [5.41, 5.74) is 0. The second-order valence-corrected chi connectivity index (χ2v) is 4.93. The summed E-state index contributed by atoms with van der Waals surface area (Å²) in [6, 6.07) is 0. The molecule has 0 aliphatic rings. The number of hydrogen-bond donors (Lipinski definition) is 0. The number of aldehydes is 1. The molecule has 1 nitrogen and oxygen atoms in total. The van der Waals surface area contributed by atoms with Gasteiger partial charge in [0, 0.05) is 5.25 Å². The average molecular weight is 228 g/mol. The van der Waals surface area contributed by atoms with Crippen LogP contribution in [-0.4, -0.2) is 17.8 Å². The molecule has 0 aliphatic carbocycles. The first kappa shape index (κ1) is 14.8. The van der Waals surface area contributed by atoms with Gasteiger partial charge in [0.05, 0.1) is 0 Å². The van der Waals surface area contributed by atoms with E-state index >= 15 is 0 Å². The third-order valence-corrected chi connectivity index (χ3v) is 3.55. The molecule has 1 atom stereocenters. The smallest absolute Gasteiger partial charge is 0.142 e. The van der Waals surface area contributed by atoms with Crippen molar-refractivity contribution in [2.45, 2.75) is 57.1 Å². The van der Waals surface area contributed by atoms with E-state index < -0.39 is 0 Å². The molecule has 1 unspecified atom stereocenters. The molecule has 0 spiro atoms. The Hall–Kier alpha value is -0.240. The van der Waals surface area contributed by atoms with E-state index in [4.69, 9.17) is 0 Å². The van der Waals surface area contributed by atoms with Crippen LogP contribution in [0.1, 0.15) is 51.9 Å². The van der Waals surface area contributed by atoms with Crippen LogP contribution in [0.3, 0.4) is 0 Å². The summed E-state index contributed by atoms with van der Waals surface area (Å²) in [5.74, 6) is 0. The number of unbranched alkanes of at least 4 members (excludes halogenated alkanes) is 5. The lowest BCUT2D eigenvalue weighted by Gasteiger charge is -2.08. The molecule has 0 N–H and O–H groups in total. The van der Waals surface area contributed by atoms with Gasteiger partial charge in [0.25, 0.3) is 0 Å². The predicted molar refractivity (Wildman–Crippen MR) is 70.5 cm³/mol. The standard InChI is InChI=1S/C13H24OS/c1-3-4-5-6-7-8-10-13(15-2)11-9-12-14/h9,11-13H,3-8,10H2,1-2H3/b11-9+. The maximum atomic E-state index is 10.2. The maximum Gasteiger partial charge on any atom is 0.142 e. The Morgan fingerprint density at radius 1 is 1.13 bits per heavy atom. The van der Waals surface area contributed by atoms with Crippen molar-refractivity contribution in [1.82, 2.24) is 0 Å². The summed E-state index contributed by atoms with van der Waals surface area (Å²) in [6.07, 6.45) is 15.9. The summed E-state index contributed by atoms with van der Waals surface area (Å²) in [6.45, 7) is 2.24. The zero-order chi connectivity index (χ0) is 11.4. The Morgan fingerprint density at radius 3 is 2.40 bits per heavy atom. The Kier molecular flexibility index (Phi) is 11.6. The van der Waals surface area contributed by atoms with E-state index in [1.807, 2.05) is 17.8 Å². The molecule has 0 radical (unpaired) electrons. The molecule has 0 aromatic carbocycles. The highest BCUT2D eigenvalue weighted by molar-refractivity contribution is 7.99. The number of allylic oxidation sites excluding steroid dienone is 1. The van der Waals surface area contributed by atoms with Crippen molar-refractivity contribution in [2.24, 2.45) is 0 Å². The van der Waals surface area contributed by atoms with E-state index in [-0.39, 0.29) is 0 Å². The van der Waals surface area contributed by atoms with Crippen molar-refractivity contribution in [3.63, 3.8) is 0 Å². The first-order valence-corrected chi connectivity index (χ1v) is 7.28. The number of rotatable bonds is 10. The van der Waals surface area contributed by atoms with Gasteiger partial charge in [-0.25, -0.2) is 0 Å². The summed E-state index contributed by atoms with van der Waals surface area (Å²) in [7, 11) is 0. The molecule has 0 saturated heterocycles. The summed E-state index contributed by atoms with van der Waals surface area (Å²) in [4.78, 5) is 10.2. The van der Waals surface area contributed by atoms with Crippen LogP contribution in [0, 0.1) is 0 Å². The molecule has 88 valence electrons. The summed E-state index contributed by atoms with van der Waals surface area (Å²) in [5, 5.41) is 0.529. The van der Waals surface area contributed by atoms with Gasteiger partial charge in [-0.05, 0) is 18.8 Å². The normalized spacial score (nSPS) is 13.2. The third-order valence-electron chi connectivity index (χ3n) is 2.55. The minimum Gasteiger partial charge on any atom is -0.299 e. The van der Waals surface area contributed by atoms with E-state index in [1.54, 1.807) is 6.08 Å². The molecule has 2 heteroatoms. The van der Waals surface area contributed by atoms with Gasteiger partial charge < -0.3 is 0 Å². The van der Waals surface area contributed by atoms with Crippen LogP contribution < -0.4 is 0 Å². The minimum absolute atomic E-state index is 0.529. The van der Waals surface area contributed by atoms with E-state index in [0.717, 1.165) is 6.29 Å². The highest BCUT2D eigenvalue weighted by atomic mass is 32.2. The molecule has 0 aliphatic heterocycles. The fourth-order valence-electron chi connectivity index (χ4n) is 1.59. The predicted octanol–water partition coefficient (Wildman–Crippen LogP) is 4.22. The number of hydrogen-bond acceptors (Lipinski definition) is 2. The molecule has 0 aromatic heterocycles. The van der Waals surface area contributed by atoms with Gasteiger partial charge in [-0.1, -0.05) is 51.5 Å². The molecule has 0 amide bonds. The van der Waals surface area contributed by atoms with Crippen molar-refractivity contribution in [3.05, 3.63) is 12.2 Å². The minimum atomic E-state index is 0.529. The fourth-order valence-corrected chi connectivity index (χ4v) is 2.24. The van der Waals surface area contributed by atoms with Gasteiger partial charge >= 0.3 is 0 Å². The fraction of sp³-hybridized carbons (Fsp3) is 0.769. The van der Waals surface area contributed by atoms with Gasteiger partial charge in [-0.15, -0.1) is 0 Å². The van der Waals surface area contributed by atoms with E-state index in [9.17, 15) is 4.79 Å². The molecule has 0 bridgehead atoms. The number of carbonyl (C=O) groups is 1. The van der Waals surface area contributed by atoms with Crippen molar-refractivity contribution in [2.75, 3.05) is 6.26 Å². The molecule has 0 heterocycles. The monoisotopic (exact) mass is 228 g/mol. The lowest BCUT2D eigenvalue weighted by Crippen LogP contribution is -1.97. The maximum absolute atomic E-state index is 10.2. The van der Waals surface area contributed by atoms with Crippen LogP contribution in [0.2, 0.25) is 0 Å². The van der Waals surface area contributed by atoms with Gasteiger partial charge in [0.1, 0.15) is 6.29 Å². The van der Waals surface area contributed by atoms with Gasteiger partial charge in [-0.2, -0.15) is 11.8 Å². The van der Waals surface area contributed by atoms with Crippen LogP contribution in [0.5, 0.6) is 0 Å².